The third-order valence-corrected chi connectivity index (χ3v) is 6.22. The van der Waals surface area contributed by atoms with Gasteiger partial charge in [0.15, 0.2) is 5.17 Å². The summed E-state index contributed by atoms with van der Waals surface area (Å²) < 4.78 is 0. The number of likely N-dealkylation sites (tertiary alicyclic amines) is 1. The summed E-state index contributed by atoms with van der Waals surface area (Å²) in [5.74, 6) is 1.24. The Morgan fingerprint density at radius 3 is 2.95 bits per heavy atom. The molecule has 108 valence electrons. The summed E-state index contributed by atoms with van der Waals surface area (Å²) in [6.07, 6.45) is 9.61. The van der Waals surface area contributed by atoms with Crippen molar-refractivity contribution < 1.29 is 0 Å². The van der Waals surface area contributed by atoms with E-state index in [1.807, 2.05) is 11.8 Å². The number of hydrogen-bond donors (Lipinski definition) is 1. The quantitative estimate of drug-likeness (QED) is 0.862. The Morgan fingerprint density at radius 2 is 2.16 bits per heavy atom. The summed E-state index contributed by atoms with van der Waals surface area (Å²) in [6, 6.07) is 0.697. The van der Waals surface area contributed by atoms with Gasteiger partial charge in [0.2, 0.25) is 0 Å². The molecule has 0 bridgehead atoms. The standard InChI is InChI=1S/C15H27N3S/c1-2-18-10-6-7-13(18)11-16-14-17-15(12-19-14)8-4-3-5-9-15/h13H,2-12H2,1H3,(H,16,17). The summed E-state index contributed by atoms with van der Waals surface area (Å²) in [7, 11) is 0. The van der Waals surface area contributed by atoms with Gasteiger partial charge >= 0.3 is 0 Å². The molecule has 0 aromatic heterocycles. The van der Waals surface area contributed by atoms with E-state index in [9.17, 15) is 0 Å². The van der Waals surface area contributed by atoms with Gasteiger partial charge in [0.05, 0.1) is 6.54 Å². The molecular formula is C15H27N3S. The van der Waals surface area contributed by atoms with Crippen molar-refractivity contribution in [3.05, 3.63) is 0 Å². The van der Waals surface area contributed by atoms with E-state index in [1.54, 1.807) is 0 Å². The van der Waals surface area contributed by atoms with E-state index in [1.165, 1.54) is 69.0 Å². The molecule has 0 aromatic carbocycles. The third-order valence-electron chi connectivity index (χ3n) is 5.02. The van der Waals surface area contributed by atoms with Gasteiger partial charge in [-0.2, -0.15) is 0 Å². The molecule has 1 spiro atoms. The molecule has 0 aromatic rings. The summed E-state index contributed by atoms with van der Waals surface area (Å²) in [5.41, 5.74) is 0.405. The highest BCUT2D eigenvalue weighted by Crippen LogP contribution is 2.36. The molecule has 2 aliphatic heterocycles. The molecule has 19 heavy (non-hydrogen) atoms. The highest BCUT2D eigenvalue weighted by Gasteiger charge is 2.38. The smallest absolute Gasteiger partial charge is 0.157 e. The number of likely N-dealkylation sites (N-methyl/N-ethyl adjacent to an activating group) is 1. The molecule has 1 atom stereocenters. The van der Waals surface area contributed by atoms with E-state index in [4.69, 9.17) is 4.99 Å². The summed E-state index contributed by atoms with van der Waals surface area (Å²) in [4.78, 5) is 7.46. The second-order valence-electron chi connectivity index (χ2n) is 6.33. The molecule has 1 saturated carbocycles. The first-order valence-electron chi connectivity index (χ1n) is 8.01. The monoisotopic (exact) mass is 281 g/mol. The van der Waals surface area contributed by atoms with Crippen LogP contribution in [-0.2, 0) is 0 Å². The van der Waals surface area contributed by atoms with Crippen molar-refractivity contribution >= 4 is 16.9 Å². The van der Waals surface area contributed by atoms with E-state index in [0.29, 0.717) is 11.6 Å². The first-order chi connectivity index (χ1) is 9.31. The van der Waals surface area contributed by atoms with E-state index < -0.39 is 0 Å². The molecule has 0 radical (unpaired) electrons. The predicted octanol–water partition coefficient (Wildman–Crippen LogP) is 2.87. The Kier molecular flexibility index (Phi) is 4.37. The highest BCUT2D eigenvalue weighted by atomic mass is 32.2. The second kappa shape index (κ2) is 6.04. The lowest BCUT2D eigenvalue weighted by atomic mass is 9.83. The molecule has 1 N–H and O–H groups in total. The van der Waals surface area contributed by atoms with Crippen molar-refractivity contribution in [1.29, 1.82) is 0 Å². The van der Waals surface area contributed by atoms with Crippen LogP contribution in [0.25, 0.3) is 0 Å². The lowest BCUT2D eigenvalue weighted by Crippen LogP contribution is -2.45. The first-order valence-corrected chi connectivity index (χ1v) is 8.99. The predicted molar refractivity (Wildman–Crippen MR) is 84.0 cm³/mol. The second-order valence-corrected chi connectivity index (χ2v) is 7.29. The van der Waals surface area contributed by atoms with Gasteiger partial charge in [-0.25, -0.2) is 0 Å². The fraction of sp³-hybridized carbons (Fsp3) is 0.933. The number of amidine groups is 1. The fourth-order valence-corrected chi connectivity index (χ4v) is 5.02. The average molecular weight is 281 g/mol. The number of hydrogen-bond acceptors (Lipinski definition) is 3. The Morgan fingerprint density at radius 1 is 1.32 bits per heavy atom. The van der Waals surface area contributed by atoms with Gasteiger partial charge in [-0.3, -0.25) is 9.89 Å². The van der Waals surface area contributed by atoms with Gasteiger partial charge in [0, 0.05) is 17.3 Å². The molecule has 2 saturated heterocycles. The number of nitrogens with zero attached hydrogens (tertiary/aromatic N) is 2. The molecule has 1 unspecified atom stereocenters. The van der Waals surface area contributed by atoms with Crippen LogP contribution >= 0.6 is 11.8 Å². The normalized spacial score (nSPS) is 33.1. The molecule has 3 rings (SSSR count). The minimum absolute atomic E-state index is 0.405. The first kappa shape index (κ1) is 13.7. The minimum Gasteiger partial charge on any atom is -0.359 e. The van der Waals surface area contributed by atoms with Gasteiger partial charge in [0.1, 0.15) is 0 Å². The van der Waals surface area contributed by atoms with Crippen molar-refractivity contribution in [2.24, 2.45) is 4.99 Å². The van der Waals surface area contributed by atoms with Crippen molar-refractivity contribution in [3.8, 4) is 0 Å². The van der Waals surface area contributed by atoms with Crippen LogP contribution in [0.4, 0.5) is 0 Å². The van der Waals surface area contributed by atoms with E-state index >= 15 is 0 Å². The number of nitrogens with one attached hydrogen (secondary N) is 1. The van der Waals surface area contributed by atoms with Crippen LogP contribution in [0.3, 0.4) is 0 Å². The zero-order chi connectivity index (χ0) is 13.1. The van der Waals surface area contributed by atoms with Crippen molar-refractivity contribution in [3.63, 3.8) is 0 Å². The lowest BCUT2D eigenvalue weighted by Gasteiger charge is -2.32. The van der Waals surface area contributed by atoms with Crippen LogP contribution in [0.2, 0.25) is 0 Å². The van der Waals surface area contributed by atoms with Crippen LogP contribution in [0, 0.1) is 0 Å². The van der Waals surface area contributed by atoms with Crippen molar-refractivity contribution in [1.82, 2.24) is 10.2 Å². The van der Waals surface area contributed by atoms with E-state index in [0.717, 1.165) is 6.54 Å². The zero-order valence-corrected chi connectivity index (χ0v) is 13.0. The van der Waals surface area contributed by atoms with Crippen molar-refractivity contribution in [2.45, 2.75) is 63.5 Å². The van der Waals surface area contributed by atoms with E-state index in [2.05, 4.69) is 17.1 Å². The maximum Gasteiger partial charge on any atom is 0.157 e. The highest BCUT2D eigenvalue weighted by molar-refractivity contribution is 8.14. The zero-order valence-electron chi connectivity index (χ0n) is 12.2. The average Bonchev–Trinajstić information content (AvgIpc) is 3.04. The Balaban J connectivity index is 1.54. The van der Waals surface area contributed by atoms with Gasteiger partial charge in [-0.1, -0.05) is 37.9 Å². The molecular weight excluding hydrogens is 254 g/mol. The van der Waals surface area contributed by atoms with Crippen molar-refractivity contribution in [2.75, 3.05) is 25.4 Å². The van der Waals surface area contributed by atoms with Gasteiger partial charge in [0.25, 0.3) is 0 Å². The van der Waals surface area contributed by atoms with E-state index in [-0.39, 0.29) is 0 Å². The molecule has 3 fully saturated rings. The van der Waals surface area contributed by atoms with Gasteiger partial charge in [-0.05, 0) is 38.8 Å². The van der Waals surface area contributed by atoms with Gasteiger partial charge < -0.3 is 5.32 Å². The van der Waals surface area contributed by atoms with Crippen LogP contribution in [-0.4, -0.2) is 47.0 Å². The number of rotatable bonds is 3. The maximum absolute atomic E-state index is 4.88. The van der Waals surface area contributed by atoms with Gasteiger partial charge in [-0.15, -0.1) is 0 Å². The Labute approximate surface area is 121 Å². The van der Waals surface area contributed by atoms with Crippen LogP contribution < -0.4 is 5.32 Å². The van der Waals surface area contributed by atoms with Crippen LogP contribution in [0.15, 0.2) is 4.99 Å². The fourth-order valence-electron chi connectivity index (χ4n) is 3.80. The number of aliphatic imine (C=N–C) groups is 1. The summed E-state index contributed by atoms with van der Waals surface area (Å²) in [5, 5.41) is 4.98. The maximum atomic E-state index is 4.88. The topological polar surface area (TPSA) is 27.6 Å². The molecule has 2 heterocycles. The minimum atomic E-state index is 0.405. The molecule has 4 heteroatoms. The molecule has 0 amide bonds. The van der Waals surface area contributed by atoms with Crippen LogP contribution in [0.1, 0.15) is 51.9 Å². The largest absolute Gasteiger partial charge is 0.359 e. The molecule has 1 aliphatic carbocycles. The summed E-state index contributed by atoms with van der Waals surface area (Å²) >= 11 is 1.96. The van der Waals surface area contributed by atoms with Crippen LogP contribution in [0.5, 0.6) is 0 Å². The molecule has 3 aliphatic rings. The molecule has 3 nitrogen and oxygen atoms in total. The Hall–Kier alpha value is -0.220. The lowest BCUT2D eigenvalue weighted by molar-refractivity contribution is 0.272. The Bertz CT molecular complexity index is 336. The third kappa shape index (κ3) is 3.10. The number of thioether (sulfide) groups is 1. The summed E-state index contributed by atoms with van der Waals surface area (Å²) in [6.45, 7) is 5.72. The SMILES string of the molecule is CCN1CCCC1CN=C1NC2(CCCCC2)CS1.